The number of rotatable bonds is 4. The fourth-order valence-corrected chi connectivity index (χ4v) is 2.82. The third-order valence-electron chi connectivity index (χ3n) is 2.62. The Balaban J connectivity index is 2.19. The summed E-state index contributed by atoms with van der Waals surface area (Å²) >= 11 is 4.94. The third-order valence-corrected chi connectivity index (χ3v) is 4.14. The van der Waals surface area contributed by atoms with Gasteiger partial charge in [-0.25, -0.2) is 4.79 Å². The first kappa shape index (κ1) is 13.1. The summed E-state index contributed by atoms with van der Waals surface area (Å²) in [5, 5.41) is 14.4. The average molecular weight is 326 g/mol. The Hall–Kier alpha value is -1.33. The number of thiophene rings is 1. The van der Waals surface area contributed by atoms with E-state index >= 15 is 0 Å². The molecule has 0 atom stereocenters. The largest absolute Gasteiger partial charge is 0.478 e. The Kier molecular flexibility index (Phi) is 4.04. The van der Waals surface area contributed by atoms with Crippen molar-refractivity contribution in [3.05, 3.63) is 50.1 Å². The van der Waals surface area contributed by atoms with Crippen molar-refractivity contribution in [2.75, 3.05) is 5.32 Å². The topological polar surface area (TPSA) is 49.3 Å². The quantitative estimate of drug-likeness (QED) is 0.888. The standard InChI is InChI=1S/C13H12BrNO2S/c1-8-4-5-18-12(8)7-15-11-3-2-9(14)6-10(11)13(16)17/h2-6,15H,7H2,1H3,(H,16,17). The van der Waals surface area contributed by atoms with Crippen LogP contribution in [0.15, 0.2) is 34.1 Å². The summed E-state index contributed by atoms with van der Waals surface area (Å²) in [5.74, 6) is -0.929. The molecule has 1 aromatic heterocycles. The van der Waals surface area contributed by atoms with Crippen molar-refractivity contribution < 1.29 is 9.90 Å². The summed E-state index contributed by atoms with van der Waals surface area (Å²) in [4.78, 5) is 12.4. The molecule has 2 rings (SSSR count). The molecule has 0 aliphatic carbocycles. The molecule has 0 saturated carbocycles. The second kappa shape index (κ2) is 5.54. The molecule has 0 aliphatic rings. The highest BCUT2D eigenvalue weighted by molar-refractivity contribution is 9.10. The molecule has 0 radical (unpaired) electrons. The monoisotopic (exact) mass is 325 g/mol. The van der Waals surface area contributed by atoms with Crippen LogP contribution in [0.4, 0.5) is 5.69 Å². The highest BCUT2D eigenvalue weighted by atomic mass is 79.9. The van der Waals surface area contributed by atoms with Crippen LogP contribution < -0.4 is 5.32 Å². The smallest absolute Gasteiger partial charge is 0.337 e. The number of aryl methyl sites for hydroxylation is 1. The summed E-state index contributed by atoms with van der Waals surface area (Å²) in [5.41, 5.74) is 2.14. The minimum absolute atomic E-state index is 0.276. The number of carboxylic acids is 1. The van der Waals surface area contributed by atoms with Gasteiger partial charge in [-0.1, -0.05) is 15.9 Å². The minimum Gasteiger partial charge on any atom is -0.478 e. The Morgan fingerprint density at radius 2 is 2.22 bits per heavy atom. The Bertz CT molecular complexity index is 580. The predicted molar refractivity (Wildman–Crippen MR) is 77.5 cm³/mol. The van der Waals surface area contributed by atoms with Crippen LogP contribution in [-0.4, -0.2) is 11.1 Å². The van der Waals surface area contributed by atoms with Crippen LogP contribution in [0.1, 0.15) is 20.8 Å². The number of aromatic carboxylic acids is 1. The van der Waals surface area contributed by atoms with Crippen LogP contribution in [0, 0.1) is 6.92 Å². The summed E-state index contributed by atoms with van der Waals surface area (Å²) in [7, 11) is 0. The van der Waals surface area contributed by atoms with E-state index in [9.17, 15) is 4.79 Å². The van der Waals surface area contributed by atoms with Gasteiger partial charge in [-0.15, -0.1) is 11.3 Å². The molecule has 2 N–H and O–H groups in total. The van der Waals surface area contributed by atoms with Gasteiger partial charge in [0.1, 0.15) is 0 Å². The van der Waals surface area contributed by atoms with Crippen molar-refractivity contribution in [1.82, 2.24) is 0 Å². The van der Waals surface area contributed by atoms with Gasteiger partial charge in [-0.05, 0) is 42.1 Å². The Labute approximate surface area is 118 Å². The molecule has 94 valence electrons. The van der Waals surface area contributed by atoms with E-state index in [2.05, 4.69) is 27.3 Å². The number of hydrogen-bond donors (Lipinski definition) is 2. The second-order valence-corrected chi connectivity index (χ2v) is 5.79. The number of carbonyl (C=O) groups is 1. The van der Waals surface area contributed by atoms with Gasteiger partial charge < -0.3 is 10.4 Å². The maximum atomic E-state index is 11.1. The van der Waals surface area contributed by atoms with Crippen LogP contribution >= 0.6 is 27.3 Å². The van der Waals surface area contributed by atoms with Gasteiger partial charge in [0.25, 0.3) is 0 Å². The highest BCUT2D eigenvalue weighted by Crippen LogP contribution is 2.23. The molecule has 0 aliphatic heterocycles. The lowest BCUT2D eigenvalue weighted by molar-refractivity contribution is 0.0698. The SMILES string of the molecule is Cc1ccsc1CNc1ccc(Br)cc1C(=O)O. The first-order chi connectivity index (χ1) is 8.58. The fraction of sp³-hybridized carbons (Fsp3) is 0.154. The zero-order valence-corrected chi connectivity index (χ0v) is 12.1. The van der Waals surface area contributed by atoms with Crippen molar-refractivity contribution >= 4 is 38.9 Å². The summed E-state index contributed by atoms with van der Waals surface area (Å²) in [6, 6.07) is 7.26. The molecular formula is C13H12BrNO2S. The molecule has 0 unspecified atom stereocenters. The van der Waals surface area contributed by atoms with E-state index in [0.717, 1.165) is 4.47 Å². The van der Waals surface area contributed by atoms with E-state index < -0.39 is 5.97 Å². The van der Waals surface area contributed by atoms with Crippen molar-refractivity contribution in [3.63, 3.8) is 0 Å². The van der Waals surface area contributed by atoms with Gasteiger partial charge in [0.05, 0.1) is 5.56 Å². The average Bonchev–Trinajstić information content (AvgIpc) is 2.73. The van der Waals surface area contributed by atoms with E-state index in [1.54, 1.807) is 23.5 Å². The predicted octanol–water partition coefficient (Wildman–Crippen LogP) is 4.13. The van der Waals surface area contributed by atoms with Crippen molar-refractivity contribution in [2.24, 2.45) is 0 Å². The Morgan fingerprint density at radius 3 is 2.83 bits per heavy atom. The lowest BCUT2D eigenvalue weighted by Gasteiger charge is -2.09. The molecule has 0 saturated heterocycles. The number of nitrogens with one attached hydrogen (secondary N) is 1. The van der Waals surface area contributed by atoms with Crippen LogP contribution in [-0.2, 0) is 6.54 Å². The van der Waals surface area contributed by atoms with Gasteiger partial charge in [-0.3, -0.25) is 0 Å². The van der Waals surface area contributed by atoms with Crippen molar-refractivity contribution in [1.29, 1.82) is 0 Å². The summed E-state index contributed by atoms with van der Waals surface area (Å²) < 4.78 is 0.762. The molecule has 0 amide bonds. The number of benzene rings is 1. The first-order valence-corrected chi connectivity index (χ1v) is 7.05. The normalized spacial score (nSPS) is 10.3. The minimum atomic E-state index is -0.929. The number of anilines is 1. The van der Waals surface area contributed by atoms with Crippen LogP contribution in [0.2, 0.25) is 0 Å². The molecule has 2 aromatic rings. The van der Waals surface area contributed by atoms with Gasteiger partial charge in [-0.2, -0.15) is 0 Å². The molecule has 5 heteroatoms. The molecule has 0 spiro atoms. The van der Waals surface area contributed by atoms with E-state index in [1.807, 2.05) is 18.4 Å². The van der Waals surface area contributed by atoms with E-state index in [1.165, 1.54) is 10.4 Å². The number of carboxylic acid groups (broad SMARTS) is 1. The third kappa shape index (κ3) is 2.91. The summed E-state index contributed by atoms with van der Waals surface area (Å²) in [6.07, 6.45) is 0. The van der Waals surface area contributed by atoms with Crippen LogP contribution in [0.25, 0.3) is 0 Å². The highest BCUT2D eigenvalue weighted by Gasteiger charge is 2.10. The second-order valence-electron chi connectivity index (χ2n) is 3.88. The number of hydrogen-bond acceptors (Lipinski definition) is 3. The lowest BCUT2D eigenvalue weighted by Crippen LogP contribution is -2.06. The van der Waals surface area contributed by atoms with Gasteiger partial charge in [0.15, 0.2) is 0 Å². The van der Waals surface area contributed by atoms with Gasteiger partial charge in [0.2, 0.25) is 0 Å². The lowest BCUT2D eigenvalue weighted by atomic mass is 10.1. The van der Waals surface area contributed by atoms with Crippen molar-refractivity contribution in [3.8, 4) is 0 Å². The number of halogens is 1. The molecule has 1 heterocycles. The zero-order chi connectivity index (χ0) is 13.1. The van der Waals surface area contributed by atoms with Crippen LogP contribution in [0.3, 0.4) is 0 Å². The molecule has 18 heavy (non-hydrogen) atoms. The first-order valence-electron chi connectivity index (χ1n) is 5.37. The summed E-state index contributed by atoms with van der Waals surface area (Å²) in [6.45, 7) is 2.69. The molecular weight excluding hydrogens is 314 g/mol. The molecule has 1 aromatic carbocycles. The molecule has 0 fully saturated rings. The van der Waals surface area contributed by atoms with E-state index in [4.69, 9.17) is 5.11 Å². The maximum absolute atomic E-state index is 11.1. The fourth-order valence-electron chi connectivity index (χ4n) is 1.61. The Morgan fingerprint density at radius 1 is 1.44 bits per heavy atom. The van der Waals surface area contributed by atoms with Gasteiger partial charge >= 0.3 is 5.97 Å². The molecule has 0 bridgehead atoms. The zero-order valence-electron chi connectivity index (χ0n) is 9.74. The van der Waals surface area contributed by atoms with Crippen molar-refractivity contribution in [2.45, 2.75) is 13.5 Å². The van der Waals surface area contributed by atoms with E-state index in [0.29, 0.717) is 12.2 Å². The van der Waals surface area contributed by atoms with Gasteiger partial charge in [0, 0.05) is 21.6 Å². The van der Waals surface area contributed by atoms with Crippen LogP contribution in [0.5, 0.6) is 0 Å². The van der Waals surface area contributed by atoms with E-state index in [-0.39, 0.29) is 5.56 Å². The maximum Gasteiger partial charge on any atom is 0.337 e. The molecule has 3 nitrogen and oxygen atoms in total.